The first-order valence-electron chi connectivity index (χ1n) is 10.3. The molecular formula is C22H26N4O4S. The van der Waals surface area contributed by atoms with Crippen LogP contribution in [0.1, 0.15) is 36.5 Å². The van der Waals surface area contributed by atoms with Gasteiger partial charge >= 0.3 is 0 Å². The highest BCUT2D eigenvalue weighted by atomic mass is 32.2. The van der Waals surface area contributed by atoms with Crippen molar-refractivity contribution >= 4 is 21.7 Å². The molecule has 2 aliphatic rings. The van der Waals surface area contributed by atoms with Crippen LogP contribution in [0.4, 0.5) is 5.95 Å². The van der Waals surface area contributed by atoms with E-state index < -0.39 is 21.8 Å². The second kappa shape index (κ2) is 8.30. The zero-order chi connectivity index (χ0) is 22.1. The minimum atomic E-state index is -3.27. The van der Waals surface area contributed by atoms with E-state index in [-0.39, 0.29) is 11.4 Å². The van der Waals surface area contributed by atoms with Gasteiger partial charge < -0.3 is 15.0 Å². The molecule has 1 aliphatic heterocycles. The fourth-order valence-corrected chi connectivity index (χ4v) is 4.36. The third-order valence-corrected chi connectivity index (χ3v) is 6.32. The van der Waals surface area contributed by atoms with Gasteiger partial charge in [0.1, 0.15) is 11.3 Å². The molecule has 1 unspecified atom stereocenters. The summed E-state index contributed by atoms with van der Waals surface area (Å²) in [7, 11) is -3.27. The lowest BCUT2D eigenvalue weighted by Gasteiger charge is -2.55. The van der Waals surface area contributed by atoms with Crippen molar-refractivity contribution in [2.45, 2.75) is 32.2 Å². The number of amides is 1. The molecule has 1 saturated heterocycles. The summed E-state index contributed by atoms with van der Waals surface area (Å²) in [6, 6.07) is 8.62. The van der Waals surface area contributed by atoms with Gasteiger partial charge in [0.15, 0.2) is 9.84 Å². The van der Waals surface area contributed by atoms with Gasteiger partial charge in [-0.1, -0.05) is 30.7 Å². The molecule has 1 spiro atoms. The molecule has 1 aliphatic carbocycles. The number of sulfone groups is 1. The van der Waals surface area contributed by atoms with Crippen LogP contribution in [-0.2, 0) is 9.84 Å². The molecule has 1 amide bonds. The molecule has 164 valence electrons. The van der Waals surface area contributed by atoms with Crippen molar-refractivity contribution in [3.63, 3.8) is 0 Å². The van der Waals surface area contributed by atoms with Crippen LogP contribution in [-0.4, -0.2) is 49.7 Å². The van der Waals surface area contributed by atoms with E-state index in [1.54, 1.807) is 19.1 Å². The maximum Gasteiger partial charge on any atom is 0.258 e. The average Bonchev–Trinajstić information content (AvgIpc) is 2.64. The third kappa shape index (κ3) is 5.04. The molecule has 1 N–H and O–H groups in total. The quantitative estimate of drug-likeness (QED) is 0.703. The number of ether oxygens (including phenoxy) is 1. The number of hydrogen-bond acceptors (Lipinski definition) is 7. The van der Waals surface area contributed by atoms with Gasteiger partial charge in [-0.05, 0) is 31.9 Å². The van der Waals surface area contributed by atoms with Crippen molar-refractivity contribution < 1.29 is 17.9 Å². The number of aromatic nitrogens is 2. The van der Waals surface area contributed by atoms with Gasteiger partial charge in [0.25, 0.3) is 5.91 Å². The van der Waals surface area contributed by atoms with Crippen LogP contribution in [0.2, 0.25) is 0 Å². The van der Waals surface area contributed by atoms with Gasteiger partial charge in [0, 0.05) is 42.4 Å². The number of anilines is 1. The van der Waals surface area contributed by atoms with Crippen LogP contribution in [0.25, 0.3) is 0 Å². The summed E-state index contributed by atoms with van der Waals surface area (Å²) in [5.41, 5.74) is 0.604. The van der Waals surface area contributed by atoms with E-state index in [1.807, 2.05) is 18.2 Å². The second-order valence-corrected chi connectivity index (χ2v) is 10.4. The lowest BCUT2D eigenvalue weighted by molar-refractivity contribution is 0.0884. The Balaban J connectivity index is 1.55. The Morgan fingerprint density at radius 1 is 1.26 bits per heavy atom. The largest absolute Gasteiger partial charge is 0.438 e. The number of nitrogens with zero attached hydrogens (tertiary/aromatic N) is 3. The normalized spacial score (nSPS) is 18.3. The Morgan fingerprint density at radius 3 is 2.58 bits per heavy atom. The number of hydrogen-bond donors (Lipinski definition) is 1. The van der Waals surface area contributed by atoms with Gasteiger partial charge in [0.2, 0.25) is 11.8 Å². The molecule has 1 atom stereocenters. The zero-order valence-corrected chi connectivity index (χ0v) is 18.4. The molecule has 8 nitrogen and oxygen atoms in total. The maximum atomic E-state index is 12.8. The molecule has 9 heteroatoms. The number of rotatable bonds is 7. The molecule has 2 aromatic rings. The second-order valence-electron chi connectivity index (χ2n) is 8.43. The highest BCUT2D eigenvalue weighted by Gasteiger charge is 2.48. The van der Waals surface area contributed by atoms with Crippen molar-refractivity contribution in [3.8, 4) is 11.6 Å². The third-order valence-electron chi connectivity index (χ3n) is 5.67. The first-order chi connectivity index (χ1) is 14.7. The lowest BCUT2D eigenvalue weighted by atomic mass is 9.64. The van der Waals surface area contributed by atoms with E-state index in [0.717, 1.165) is 24.8 Å². The predicted octanol–water partition coefficient (Wildman–Crippen LogP) is 2.94. The van der Waals surface area contributed by atoms with Gasteiger partial charge in [-0.25, -0.2) is 13.4 Å². The molecule has 1 aromatic heterocycles. The molecule has 1 aromatic carbocycles. The van der Waals surface area contributed by atoms with Crippen LogP contribution in [0.15, 0.2) is 48.0 Å². The molecule has 31 heavy (non-hydrogen) atoms. The summed E-state index contributed by atoms with van der Waals surface area (Å²) in [5, 5.41) is 3.81. The van der Waals surface area contributed by atoms with Crippen molar-refractivity contribution in [2.75, 3.05) is 24.2 Å². The van der Waals surface area contributed by atoms with Gasteiger partial charge in [-0.15, -0.1) is 0 Å². The first-order valence-corrected chi connectivity index (χ1v) is 12.2. The van der Waals surface area contributed by atoms with E-state index in [9.17, 15) is 13.2 Å². The topological polar surface area (TPSA) is 101 Å². The Kier molecular flexibility index (Phi) is 5.70. The van der Waals surface area contributed by atoms with E-state index in [1.165, 1.54) is 31.5 Å². The van der Waals surface area contributed by atoms with Gasteiger partial charge in [-0.2, -0.15) is 4.98 Å². The smallest absolute Gasteiger partial charge is 0.258 e. The van der Waals surface area contributed by atoms with Crippen molar-refractivity contribution in [2.24, 2.45) is 5.41 Å². The van der Waals surface area contributed by atoms with Crippen LogP contribution < -0.4 is 15.0 Å². The molecule has 4 rings (SSSR count). The Hall–Kier alpha value is -2.94. The monoisotopic (exact) mass is 442 g/mol. The van der Waals surface area contributed by atoms with Crippen molar-refractivity contribution in [1.29, 1.82) is 0 Å². The summed E-state index contributed by atoms with van der Waals surface area (Å²) >= 11 is 0. The van der Waals surface area contributed by atoms with E-state index in [4.69, 9.17) is 4.74 Å². The van der Waals surface area contributed by atoms with Gasteiger partial charge in [0.05, 0.1) is 0 Å². The average molecular weight is 443 g/mol. The summed E-state index contributed by atoms with van der Waals surface area (Å²) in [4.78, 5) is 23.9. The Bertz CT molecular complexity index is 1090. The summed E-state index contributed by atoms with van der Waals surface area (Å²) in [5.74, 6) is 0.833. The number of carbonyl (C=O) groups is 1. The Labute approximate surface area is 182 Å². The maximum absolute atomic E-state index is 12.8. The van der Waals surface area contributed by atoms with Crippen molar-refractivity contribution in [1.82, 2.24) is 15.3 Å². The van der Waals surface area contributed by atoms with Crippen LogP contribution >= 0.6 is 0 Å². The number of benzene rings is 1. The molecular weight excluding hydrogens is 416 g/mol. The molecule has 0 bridgehead atoms. The van der Waals surface area contributed by atoms with E-state index in [0.29, 0.717) is 17.1 Å². The summed E-state index contributed by atoms with van der Waals surface area (Å²) in [6.45, 7) is 3.54. The molecule has 2 fully saturated rings. The SMILES string of the molecule is CC(/C=C/S(C)(=O)=O)NC(=O)c1cnc(N2CC3(CCC3)C2)nc1Oc1ccccc1. The minimum Gasteiger partial charge on any atom is -0.438 e. The lowest BCUT2D eigenvalue weighted by Crippen LogP contribution is -2.60. The van der Waals surface area contributed by atoms with E-state index >= 15 is 0 Å². The Morgan fingerprint density at radius 2 is 1.97 bits per heavy atom. The number of nitrogens with one attached hydrogen (secondary N) is 1. The fourth-order valence-electron chi connectivity index (χ4n) is 3.83. The predicted molar refractivity (Wildman–Crippen MR) is 118 cm³/mol. The highest BCUT2D eigenvalue weighted by Crippen LogP contribution is 2.49. The number of carbonyl (C=O) groups excluding carboxylic acids is 1. The molecule has 2 heterocycles. The van der Waals surface area contributed by atoms with Crippen LogP contribution in [0.5, 0.6) is 11.6 Å². The van der Waals surface area contributed by atoms with Crippen LogP contribution in [0.3, 0.4) is 0 Å². The first kappa shape index (κ1) is 21.3. The van der Waals surface area contributed by atoms with Gasteiger partial charge in [-0.3, -0.25) is 4.79 Å². The zero-order valence-electron chi connectivity index (χ0n) is 17.6. The van der Waals surface area contributed by atoms with Crippen LogP contribution in [0, 0.1) is 5.41 Å². The molecule has 0 radical (unpaired) electrons. The van der Waals surface area contributed by atoms with E-state index in [2.05, 4.69) is 20.2 Å². The number of para-hydroxylation sites is 1. The summed E-state index contributed by atoms with van der Waals surface area (Å²) in [6.07, 6.45) is 7.75. The summed E-state index contributed by atoms with van der Waals surface area (Å²) < 4.78 is 28.5. The molecule has 1 saturated carbocycles. The van der Waals surface area contributed by atoms with Crippen molar-refractivity contribution in [3.05, 3.63) is 53.6 Å². The standard InChI is InChI=1S/C22H26N4O4S/c1-16(9-12-31(2,28)29)24-19(27)18-13-23-21(26-14-22(15-26)10-6-11-22)25-20(18)30-17-7-4-3-5-8-17/h3-5,7-9,12-13,16H,6,10-11,14-15H2,1-2H3,(H,24,27)/b12-9+. The fraction of sp³-hybridized carbons (Fsp3) is 0.409. The minimum absolute atomic E-state index is 0.169. The highest BCUT2D eigenvalue weighted by molar-refractivity contribution is 7.93.